The molecular formula is C13H29NO3. The smallest absolute Gasteiger partial charge is 0.0701 e. The molecule has 2 N–H and O–H groups in total. The molecule has 0 fully saturated rings. The molecule has 4 nitrogen and oxygen atoms in total. The third kappa shape index (κ3) is 9.53. The number of hydrogen-bond acceptors (Lipinski definition) is 4. The quantitative estimate of drug-likeness (QED) is 0.514. The van der Waals surface area contributed by atoms with Gasteiger partial charge in [0.1, 0.15) is 0 Å². The van der Waals surface area contributed by atoms with Crippen molar-refractivity contribution in [2.45, 2.75) is 45.6 Å². The van der Waals surface area contributed by atoms with Gasteiger partial charge in [0, 0.05) is 6.61 Å². The van der Waals surface area contributed by atoms with Crippen LogP contribution >= 0.6 is 0 Å². The molecule has 0 heterocycles. The Hall–Kier alpha value is -0.160. The van der Waals surface area contributed by atoms with Crippen LogP contribution in [0.1, 0.15) is 40.0 Å². The highest BCUT2D eigenvalue weighted by Gasteiger charge is 2.22. The van der Waals surface area contributed by atoms with Crippen LogP contribution in [0.25, 0.3) is 0 Å². The first kappa shape index (κ1) is 16.8. The lowest BCUT2D eigenvalue weighted by Gasteiger charge is -2.28. The molecule has 0 saturated heterocycles. The monoisotopic (exact) mass is 247 g/mol. The summed E-state index contributed by atoms with van der Waals surface area (Å²) in [6, 6.07) is 0. The molecule has 0 aliphatic rings. The van der Waals surface area contributed by atoms with E-state index in [0.29, 0.717) is 19.8 Å². The molecule has 0 bridgehead atoms. The maximum atomic E-state index is 9.31. The molecule has 0 radical (unpaired) electrons. The van der Waals surface area contributed by atoms with Gasteiger partial charge in [0.15, 0.2) is 0 Å². The fourth-order valence-electron chi connectivity index (χ4n) is 1.34. The topological polar surface area (TPSA) is 50.7 Å². The summed E-state index contributed by atoms with van der Waals surface area (Å²) in [5.41, 5.74) is -0.334. The van der Waals surface area contributed by atoms with Crippen molar-refractivity contribution in [3.05, 3.63) is 0 Å². The number of rotatable bonds is 12. The number of hydrogen-bond donors (Lipinski definition) is 2. The summed E-state index contributed by atoms with van der Waals surface area (Å²) in [6.45, 7) is 9.76. The second-order valence-corrected chi connectivity index (χ2v) is 4.66. The van der Waals surface area contributed by atoms with E-state index in [4.69, 9.17) is 9.47 Å². The molecule has 0 aliphatic carbocycles. The van der Waals surface area contributed by atoms with Gasteiger partial charge in [-0.3, -0.25) is 0 Å². The molecule has 0 aromatic carbocycles. The lowest BCUT2D eigenvalue weighted by atomic mass is 10.1. The second-order valence-electron chi connectivity index (χ2n) is 4.66. The first-order chi connectivity index (χ1) is 8.18. The van der Waals surface area contributed by atoms with Crippen LogP contribution in [-0.2, 0) is 9.47 Å². The maximum Gasteiger partial charge on any atom is 0.0701 e. The molecule has 1 atom stereocenters. The lowest BCUT2D eigenvalue weighted by Crippen LogP contribution is -2.50. The normalized spacial score (nSPS) is 14.8. The standard InChI is InChI=1S/C13H29NO3/c1-4-6-8-16-9-10-17-12-13(3,11-15)14-7-5-2/h14-15H,4-12H2,1-3H3. The largest absolute Gasteiger partial charge is 0.394 e. The Bertz CT molecular complexity index is 167. The van der Waals surface area contributed by atoms with Crippen molar-refractivity contribution in [3.63, 3.8) is 0 Å². The zero-order chi connectivity index (χ0) is 13.0. The number of unbranched alkanes of at least 4 members (excludes halogenated alkanes) is 1. The number of nitrogens with one attached hydrogen (secondary N) is 1. The minimum atomic E-state index is -0.334. The Labute approximate surface area is 106 Å². The van der Waals surface area contributed by atoms with Gasteiger partial charge in [-0.2, -0.15) is 0 Å². The Morgan fingerprint density at radius 1 is 1.06 bits per heavy atom. The van der Waals surface area contributed by atoms with E-state index in [9.17, 15) is 5.11 Å². The van der Waals surface area contributed by atoms with Crippen LogP contribution in [-0.4, -0.2) is 50.2 Å². The highest BCUT2D eigenvalue weighted by Crippen LogP contribution is 2.03. The zero-order valence-electron chi connectivity index (χ0n) is 11.6. The van der Waals surface area contributed by atoms with E-state index in [0.717, 1.165) is 32.4 Å². The van der Waals surface area contributed by atoms with Crippen LogP contribution in [0.3, 0.4) is 0 Å². The Morgan fingerprint density at radius 3 is 2.35 bits per heavy atom. The van der Waals surface area contributed by atoms with Gasteiger partial charge >= 0.3 is 0 Å². The number of ether oxygens (including phenoxy) is 2. The van der Waals surface area contributed by atoms with E-state index in [1.54, 1.807) is 0 Å². The molecule has 0 aliphatic heterocycles. The fourth-order valence-corrected chi connectivity index (χ4v) is 1.34. The summed E-state index contributed by atoms with van der Waals surface area (Å²) < 4.78 is 10.9. The molecule has 0 rings (SSSR count). The van der Waals surface area contributed by atoms with E-state index in [1.807, 2.05) is 6.92 Å². The second kappa shape index (κ2) is 11.0. The van der Waals surface area contributed by atoms with Gasteiger partial charge in [-0.15, -0.1) is 0 Å². The van der Waals surface area contributed by atoms with Crippen molar-refractivity contribution in [3.8, 4) is 0 Å². The molecule has 17 heavy (non-hydrogen) atoms. The Morgan fingerprint density at radius 2 is 1.76 bits per heavy atom. The molecule has 0 saturated carbocycles. The van der Waals surface area contributed by atoms with Crippen molar-refractivity contribution in [2.75, 3.05) is 39.6 Å². The number of aliphatic hydroxyl groups excluding tert-OH is 1. The van der Waals surface area contributed by atoms with Crippen molar-refractivity contribution >= 4 is 0 Å². The Balaban J connectivity index is 3.48. The zero-order valence-corrected chi connectivity index (χ0v) is 11.6. The maximum absolute atomic E-state index is 9.31. The summed E-state index contributed by atoms with van der Waals surface area (Å²) in [5, 5.41) is 12.6. The van der Waals surface area contributed by atoms with Gasteiger partial charge in [0.2, 0.25) is 0 Å². The first-order valence-electron chi connectivity index (χ1n) is 6.70. The predicted molar refractivity (Wildman–Crippen MR) is 70.3 cm³/mol. The van der Waals surface area contributed by atoms with Gasteiger partial charge in [0.05, 0.1) is 32.0 Å². The van der Waals surface area contributed by atoms with Crippen LogP contribution in [0.4, 0.5) is 0 Å². The third-order valence-corrected chi connectivity index (χ3v) is 2.59. The van der Waals surface area contributed by atoms with Crippen LogP contribution < -0.4 is 5.32 Å². The van der Waals surface area contributed by atoms with Crippen LogP contribution in [0.2, 0.25) is 0 Å². The van der Waals surface area contributed by atoms with E-state index < -0.39 is 0 Å². The number of aliphatic hydroxyl groups is 1. The van der Waals surface area contributed by atoms with E-state index in [-0.39, 0.29) is 12.1 Å². The van der Waals surface area contributed by atoms with Crippen molar-refractivity contribution < 1.29 is 14.6 Å². The summed E-state index contributed by atoms with van der Waals surface area (Å²) in [7, 11) is 0. The minimum Gasteiger partial charge on any atom is -0.394 e. The average Bonchev–Trinajstić information content (AvgIpc) is 2.35. The molecule has 0 spiro atoms. The van der Waals surface area contributed by atoms with Crippen molar-refractivity contribution in [1.29, 1.82) is 0 Å². The molecule has 0 aromatic rings. The lowest BCUT2D eigenvalue weighted by molar-refractivity contribution is 0.00816. The molecule has 104 valence electrons. The Kier molecular flexibility index (Phi) is 10.9. The SMILES string of the molecule is CCCCOCCOCC(C)(CO)NCCC. The van der Waals surface area contributed by atoms with E-state index in [2.05, 4.69) is 19.2 Å². The van der Waals surface area contributed by atoms with Gasteiger partial charge in [0.25, 0.3) is 0 Å². The van der Waals surface area contributed by atoms with Gasteiger partial charge < -0.3 is 19.9 Å². The highest BCUT2D eigenvalue weighted by molar-refractivity contribution is 4.81. The van der Waals surface area contributed by atoms with E-state index in [1.165, 1.54) is 0 Å². The molecular weight excluding hydrogens is 218 g/mol. The van der Waals surface area contributed by atoms with Crippen molar-refractivity contribution in [2.24, 2.45) is 0 Å². The first-order valence-corrected chi connectivity index (χ1v) is 6.70. The van der Waals surface area contributed by atoms with Crippen LogP contribution in [0.15, 0.2) is 0 Å². The van der Waals surface area contributed by atoms with Gasteiger partial charge in [-0.05, 0) is 26.3 Å². The average molecular weight is 247 g/mol. The summed E-state index contributed by atoms with van der Waals surface area (Å²) in [4.78, 5) is 0. The summed E-state index contributed by atoms with van der Waals surface area (Å²) >= 11 is 0. The van der Waals surface area contributed by atoms with Gasteiger partial charge in [-0.25, -0.2) is 0 Å². The highest BCUT2D eigenvalue weighted by atomic mass is 16.5. The minimum absolute atomic E-state index is 0.0870. The molecule has 4 heteroatoms. The third-order valence-electron chi connectivity index (χ3n) is 2.59. The fraction of sp³-hybridized carbons (Fsp3) is 1.00. The van der Waals surface area contributed by atoms with Crippen molar-refractivity contribution in [1.82, 2.24) is 5.32 Å². The summed E-state index contributed by atoms with van der Waals surface area (Å²) in [6.07, 6.45) is 3.31. The molecule has 1 unspecified atom stereocenters. The summed E-state index contributed by atoms with van der Waals surface area (Å²) in [5.74, 6) is 0. The predicted octanol–water partition coefficient (Wildman–Crippen LogP) is 1.57. The van der Waals surface area contributed by atoms with Crippen LogP contribution in [0.5, 0.6) is 0 Å². The van der Waals surface area contributed by atoms with Crippen LogP contribution in [0, 0.1) is 0 Å². The molecule has 0 amide bonds. The molecule has 0 aromatic heterocycles. The van der Waals surface area contributed by atoms with E-state index >= 15 is 0 Å². The van der Waals surface area contributed by atoms with Gasteiger partial charge in [-0.1, -0.05) is 20.3 Å².